The van der Waals surface area contributed by atoms with Crippen LogP contribution in [0, 0.1) is 5.92 Å². The highest BCUT2D eigenvalue weighted by Gasteiger charge is 2.22. The second-order valence-corrected chi connectivity index (χ2v) is 5.17. The van der Waals surface area contributed by atoms with Gasteiger partial charge in [0.15, 0.2) is 0 Å². The molecule has 0 fully saturated rings. The number of hydrogen-bond acceptors (Lipinski definition) is 5. The molecule has 120 valence electrons. The average molecular weight is 307 g/mol. The van der Waals surface area contributed by atoms with Gasteiger partial charge < -0.3 is 20.6 Å². The fourth-order valence-corrected chi connectivity index (χ4v) is 1.87. The highest BCUT2D eigenvalue weighted by atomic mass is 16.5. The van der Waals surface area contributed by atoms with Gasteiger partial charge in [-0.05, 0) is 30.0 Å². The number of carbonyl (C=O) groups excluding carboxylic acids is 2. The molecule has 1 aromatic carbocycles. The van der Waals surface area contributed by atoms with Gasteiger partial charge in [-0.1, -0.05) is 31.1 Å². The van der Waals surface area contributed by atoms with Crippen molar-refractivity contribution in [1.29, 1.82) is 0 Å². The van der Waals surface area contributed by atoms with Crippen molar-refractivity contribution in [3.63, 3.8) is 0 Å². The maximum atomic E-state index is 11.9. The van der Waals surface area contributed by atoms with Gasteiger partial charge in [0.05, 0.1) is 13.3 Å². The number of rotatable bonds is 6. The zero-order chi connectivity index (χ0) is 16.5. The summed E-state index contributed by atoms with van der Waals surface area (Å²) < 4.78 is 4.69. The van der Waals surface area contributed by atoms with E-state index in [1.807, 2.05) is 13.8 Å². The Morgan fingerprint density at radius 2 is 1.95 bits per heavy atom. The molecule has 22 heavy (non-hydrogen) atoms. The number of benzene rings is 1. The molecule has 0 aliphatic heterocycles. The SMILES string of the molecule is COC(=O)C(CC(C)C)NC(=O)Nc1ccc(C=NO)cc1. The van der Waals surface area contributed by atoms with E-state index in [9.17, 15) is 9.59 Å². The normalized spacial score (nSPS) is 12.2. The number of ether oxygens (including phenoxy) is 1. The first kappa shape index (κ1) is 17.5. The van der Waals surface area contributed by atoms with E-state index < -0.39 is 18.0 Å². The number of carbonyl (C=O) groups is 2. The summed E-state index contributed by atoms with van der Waals surface area (Å²) >= 11 is 0. The molecule has 1 aromatic rings. The van der Waals surface area contributed by atoms with Crippen LogP contribution in [0.5, 0.6) is 0 Å². The highest BCUT2D eigenvalue weighted by Crippen LogP contribution is 2.10. The molecule has 0 aliphatic rings. The van der Waals surface area contributed by atoms with Gasteiger partial charge in [-0.25, -0.2) is 9.59 Å². The third-order valence-electron chi connectivity index (χ3n) is 2.87. The zero-order valence-electron chi connectivity index (χ0n) is 12.9. The number of nitrogens with zero attached hydrogens (tertiary/aromatic N) is 1. The standard InChI is InChI=1S/C15H21N3O4/c1-10(2)8-13(14(19)22-3)18-15(20)17-12-6-4-11(5-7-12)9-16-21/h4-7,9-10,13,21H,8H2,1-3H3,(H2,17,18,20). The van der Waals surface area contributed by atoms with Gasteiger partial charge in [0, 0.05) is 5.69 Å². The van der Waals surface area contributed by atoms with Crippen molar-refractivity contribution < 1.29 is 19.5 Å². The van der Waals surface area contributed by atoms with Gasteiger partial charge in [-0.2, -0.15) is 0 Å². The lowest BCUT2D eigenvalue weighted by molar-refractivity contribution is -0.143. The number of amides is 2. The average Bonchev–Trinajstić information content (AvgIpc) is 2.47. The predicted molar refractivity (Wildman–Crippen MR) is 83.2 cm³/mol. The molecular weight excluding hydrogens is 286 g/mol. The van der Waals surface area contributed by atoms with E-state index in [0.717, 1.165) is 0 Å². The predicted octanol–water partition coefficient (Wildman–Crippen LogP) is 2.20. The largest absolute Gasteiger partial charge is 0.467 e. The Morgan fingerprint density at radius 3 is 2.45 bits per heavy atom. The zero-order valence-corrected chi connectivity index (χ0v) is 12.9. The maximum Gasteiger partial charge on any atom is 0.328 e. The molecule has 0 heterocycles. The fourth-order valence-electron chi connectivity index (χ4n) is 1.87. The van der Waals surface area contributed by atoms with Crippen molar-refractivity contribution in [3.8, 4) is 0 Å². The quantitative estimate of drug-likeness (QED) is 0.324. The van der Waals surface area contributed by atoms with Crippen LogP contribution in [-0.4, -0.2) is 36.6 Å². The van der Waals surface area contributed by atoms with E-state index in [0.29, 0.717) is 17.7 Å². The third-order valence-corrected chi connectivity index (χ3v) is 2.87. The molecular formula is C15H21N3O4. The van der Waals surface area contributed by atoms with Crippen LogP contribution in [0.15, 0.2) is 29.4 Å². The second kappa shape index (κ2) is 8.66. The topological polar surface area (TPSA) is 100 Å². The molecule has 0 bridgehead atoms. The Kier molecular flexibility index (Phi) is 6.88. The van der Waals surface area contributed by atoms with Crippen molar-refractivity contribution in [2.24, 2.45) is 11.1 Å². The number of methoxy groups -OCH3 is 1. The molecule has 7 heteroatoms. The molecule has 0 aromatic heterocycles. The van der Waals surface area contributed by atoms with Crippen LogP contribution in [0.2, 0.25) is 0 Å². The highest BCUT2D eigenvalue weighted by molar-refractivity contribution is 5.93. The third kappa shape index (κ3) is 5.82. The van der Waals surface area contributed by atoms with Gasteiger partial charge in [0.2, 0.25) is 0 Å². The minimum atomic E-state index is -0.689. The smallest absolute Gasteiger partial charge is 0.328 e. The Hall–Kier alpha value is -2.57. The molecule has 0 aliphatic carbocycles. The van der Waals surface area contributed by atoms with Gasteiger partial charge in [-0.15, -0.1) is 0 Å². The van der Waals surface area contributed by atoms with Gasteiger partial charge >= 0.3 is 12.0 Å². The van der Waals surface area contributed by atoms with Gasteiger partial charge in [0.1, 0.15) is 6.04 Å². The maximum absolute atomic E-state index is 11.9. The van der Waals surface area contributed by atoms with Crippen LogP contribution in [-0.2, 0) is 9.53 Å². The Labute approximate surface area is 129 Å². The van der Waals surface area contributed by atoms with Crippen LogP contribution in [0.1, 0.15) is 25.8 Å². The first-order chi connectivity index (χ1) is 10.5. The summed E-state index contributed by atoms with van der Waals surface area (Å²) in [5.41, 5.74) is 1.25. The minimum Gasteiger partial charge on any atom is -0.467 e. The molecule has 0 spiro atoms. The Bertz CT molecular complexity index is 526. The van der Waals surface area contributed by atoms with Crippen LogP contribution in [0.3, 0.4) is 0 Å². The monoisotopic (exact) mass is 307 g/mol. The van der Waals surface area contributed by atoms with Gasteiger partial charge in [0.25, 0.3) is 0 Å². The number of esters is 1. The summed E-state index contributed by atoms with van der Waals surface area (Å²) in [4.78, 5) is 23.6. The number of oxime groups is 1. The molecule has 0 radical (unpaired) electrons. The van der Waals surface area contributed by atoms with E-state index in [-0.39, 0.29) is 5.92 Å². The number of urea groups is 1. The van der Waals surface area contributed by atoms with E-state index >= 15 is 0 Å². The van der Waals surface area contributed by atoms with Crippen LogP contribution < -0.4 is 10.6 Å². The molecule has 0 saturated heterocycles. The van der Waals surface area contributed by atoms with Crippen molar-refractivity contribution in [2.75, 3.05) is 12.4 Å². The molecule has 1 rings (SSSR count). The van der Waals surface area contributed by atoms with Crippen LogP contribution in [0.4, 0.5) is 10.5 Å². The molecule has 7 nitrogen and oxygen atoms in total. The lowest BCUT2D eigenvalue weighted by atomic mass is 10.0. The summed E-state index contributed by atoms with van der Waals surface area (Å²) in [6.07, 6.45) is 1.77. The lowest BCUT2D eigenvalue weighted by Crippen LogP contribution is -2.44. The summed E-state index contributed by atoms with van der Waals surface area (Å²) in [5.74, 6) is -0.236. The summed E-state index contributed by atoms with van der Waals surface area (Å²) in [6, 6.07) is 5.51. The fraction of sp³-hybridized carbons (Fsp3) is 0.400. The van der Waals surface area contributed by atoms with E-state index in [1.165, 1.54) is 13.3 Å². The van der Waals surface area contributed by atoms with Crippen LogP contribution in [0.25, 0.3) is 0 Å². The summed E-state index contributed by atoms with van der Waals surface area (Å²) in [6.45, 7) is 3.91. The van der Waals surface area contributed by atoms with Crippen molar-refractivity contribution in [1.82, 2.24) is 5.32 Å². The van der Waals surface area contributed by atoms with E-state index in [4.69, 9.17) is 5.21 Å². The lowest BCUT2D eigenvalue weighted by Gasteiger charge is -2.18. The van der Waals surface area contributed by atoms with E-state index in [1.54, 1.807) is 24.3 Å². The first-order valence-electron chi connectivity index (χ1n) is 6.89. The number of hydrogen-bond donors (Lipinski definition) is 3. The molecule has 1 atom stereocenters. The van der Waals surface area contributed by atoms with Crippen molar-refractivity contribution >= 4 is 23.9 Å². The van der Waals surface area contributed by atoms with Crippen molar-refractivity contribution in [3.05, 3.63) is 29.8 Å². The number of anilines is 1. The summed E-state index contributed by atoms with van der Waals surface area (Å²) in [5, 5.41) is 16.6. The van der Waals surface area contributed by atoms with Crippen molar-refractivity contribution in [2.45, 2.75) is 26.3 Å². The first-order valence-corrected chi connectivity index (χ1v) is 6.89. The Balaban J connectivity index is 2.64. The molecule has 2 amide bonds. The second-order valence-electron chi connectivity index (χ2n) is 5.17. The molecule has 3 N–H and O–H groups in total. The molecule has 1 unspecified atom stereocenters. The van der Waals surface area contributed by atoms with Crippen LogP contribution >= 0.6 is 0 Å². The van der Waals surface area contributed by atoms with E-state index in [2.05, 4.69) is 20.5 Å². The van der Waals surface area contributed by atoms with Gasteiger partial charge in [-0.3, -0.25) is 0 Å². The molecule has 0 saturated carbocycles. The Morgan fingerprint density at radius 1 is 1.32 bits per heavy atom. The minimum absolute atomic E-state index is 0.237. The summed E-state index contributed by atoms with van der Waals surface area (Å²) in [7, 11) is 1.29. The number of nitrogens with one attached hydrogen (secondary N) is 2.